The molecule has 0 radical (unpaired) electrons. The number of aromatic carboxylic acids is 2. The molecule has 4 rings (SSSR count). The molecule has 1 aromatic heterocycles. The van der Waals surface area contributed by atoms with Gasteiger partial charge in [-0.1, -0.05) is 58.0 Å². The molecule has 0 unspecified atom stereocenters. The summed E-state index contributed by atoms with van der Waals surface area (Å²) in [5.74, 6) is -3.12. The Bertz CT molecular complexity index is 1350. The van der Waals surface area contributed by atoms with Crippen molar-refractivity contribution in [3.05, 3.63) is 87.5 Å². The molecular weight excluding hydrogens is 447 g/mol. The largest absolute Gasteiger partial charge is 0.478 e. The van der Waals surface area contributed by atoms with Gasteiger partial charge in [0.15, 0.2) is 0 Å². The number of aromatic nitrogens is 2. The first kappa shape index (κ1) is 24.4. The van der Waals surface area contributed by atoms with Gasteiger partial charge in [-0.05, 0) is 63.6 Å². The summed E-state index contributed by atoms with van der Waals surface area (Å²) >= 11 is 0. The van der Waals surface area contributed by atoms with Crippen molar-refractivity contribution in [2.45, 2.75) is 57.9 Å². The van der Waals surface area contributed by atoms with E-state index in [2.05, 4.69) is 44.9 Å². The van der Waals surface area contributed by atoms with Gasteiger partial charge in [0.2, 0.25) is 0 Å². The summed E-state index contributed by atoms with van der Waals surface area (Å²) in [5, 5.41) is 22.5. The van der Waals surface area contributed by atoms with Crippen molar-refractivity contribution in [2.75, 3.05) is 0 Å². The smallest absolute Gasteiger partial charge is 0.338 e. The fraction of sp³-hybridized carbons (Fsp3) is 0.321. The summed E-state index contributed by atoms with van der Waals surface area (Å²) in [7, 11) is 0. The number of carboxylic acid groups (broad SMARTS) is 2. The Labute approximate surface area is 203 Å². The second-order valence-corrected chi connectivity index (χ2v) is 10.5. The zero-order valence-corrected chi connectivity index (χ0v) is 20.3. The van der Waals surface area contributed by atoms with Gasteiger partial charge in [0.25, 0.3) is 0 Å². The summed E-state index contributed by atoms with van der Waals surface area (Å²) in [4.78, 5) is 22.4. The van der Waals surface area contributed by atoms with Crippen molar-refractivity contribution < 1.29 is 24.2 Å². The third-order valence-corrected chi connectivity index (χ3v) is 7.00. The molecule has 7 heteroatoms. The van der Waals surface area contributed by atoms with Crippen LogP contribution in [0.3, 0.4) is 0 Å². The normalized spacial score (nSPS) is 16.3. The lowest BCUT2D eigenvalue weighted by Gasteiger charge is -2.42. The van der Waals surface area contributed by atoms with Crippen LogP contribution >= 0.6 is 0 Å². The molecule has 0 saturated heterocycles. The van der Waals surface area contributed by atoms with Crippen LogP contribution in [0.15, 0.2) is 42.7 Å². The van der Waals surface area contributed by atoms with E-state index in [1.807, 2.05) is 6.08 Å². The van der Waals surface area contributed by atoms with Gasteiger partial charge < -0.3 is 10.2 Å². The van der Waals surface area contributed by atoms with Crippen LogP contribution in [-0.4, -0.2) is 31.9 Å². The summed E-state index contributed by atoms with van der Waals surface area (Å²) < 4.78 is 15.8. The van der Waals surface area contributed by atoms with E-state index < -0.39 is 17.8 Å². The molecule has 35 heavy (non-hydrogen) atoms. The predicted octanol–water partition coefficient (Wildman–Crippen LogP) is 5.99. The van der Waals surface area contributed by atoms with Crippen LogP contribution in [0.25, 0.3) is 12.2 Å². The summed E-state index contributed by atoms with van der Waals surface area (Å²) in [5.41, 5.74) is 4.70. The maximum atomic E-state index is 14.2. The third-order valence-electron chi connectivity index (χ3n) is 7.00. The van der Waals surface area contributed by atoms with Crippen LogP contribution in [0.2, 0.25) is 0 Å². The van der Waals surface area contributed by atoms with Crippen LogP contribution in [0.4, 0.5) is 4.39 Å². The number of carbonyl (C=O) groups is 2. The van der Waals surface area contributed by atoms with Gasteiger partial charge in [0.05, 0.1) is 23.9 Å². The van der Waals surface area contributed by atoms with Crippen LogP contribution in [0.5, 0.6) is 0 Å². The fourth-order valence-electron chi connectivity index (χ4n) is 4.70. The standard InChI is InChI=1S/C28H29FN2O4/c1-27(2)9-10-28(3,4)23-13-19(15-31-16-20(14-30-31)25(32)33)18(12-22(23)27)7-5-17-6-8-21(26(34)35)24(29)11-17/h5-8,11-14,16H,9-10,15H2,1-4H3,(H,32,33)(H,34,35)/b7-5+. The predicted molar refractivity (Wildman–Crippen MR) is 132 cm³/mol. The van der Waals surface area contributed by atoms with E-state index in [9.17, 15) is 19.1 Å². The first-order chi connectivity index (χ1) is 16.4. The quantitative estimate of drug-likeness (QED) is 0.427. The minimum Gasteiger partial charge on any atom is -0.478 e. The van der Waals surface area contributed by atoms with Crippen molar-refractivity contribution in [3.63, 3.8) is 0 Å². The summed E-state index contributed by atoms with van der Waals surface area (Å²) in [6.45, 7) is 9.33. The zero-order valence-electron chi connectivity index (χ0n) is 20.3. The highest BCUT2D eigenvalue weighted by atomic mass is 19.1. The van der Waals surface area contributed by atoms with Gasteiger partial charge in [0.1, 0.15) is 5.82 Å². The van der Waals surface area contributed by atoms with Gasteiger partial charge in [-0.15, -0.1) is 0 Å². The van der Waals surface area contributed by atoms with Gasteiger partial charge in [-0.2, -0.15) is 5.10 Å². The molecule has 0 amide bonds. The van der Waals surface area contributed by atoms with Crippen molar-refractivity contribution in [2.24, 2.45) is 0 Å². The van der Waals surface area contributed by atoms with Gasteiger partial charge in [-0.25, -0.2) is 14.0 Å². The second kappa shape index (κ2) is 8.80. The van der Waals surface area contributed by atoms with E-state index in [4.69, 9.17) is 5.11 Å². The van der Waals surface area contributed by atoms with Crippen molar-refractivity contribution >= 4 is 24.1 Å². The third kappa shape index (κ3) is 4.90. The molecule has 0 aliphatic heterocycles. The molecule has 0 fully saturated rings. The fourth-order valence-corrected chi connectivity index (χ4v) is 4.70. The minimum atomic E-state index is -1.31. The average Bonchev–Trinajstić information content (AvgIpc) is 3.24. The van der Waals surface area contributed by atoms with Crippen molar-refractivity contribution in [3.8, 4) is 0 Å². The van der Waals surface area contributed by atoms with Crippen LogP contribution in [-0.2, 0) is 17.4 Å². The van der Waals surface area contributed by atoms with E-state index >= 15 is 0 Å². The number of fused-ring (bicyclic) bond motifs is 1. The van der Waals surface area contributed by atoms with Crippen molar-refractivity contribution in [1.82, 2.24) is 9.78 Å². The Morgan fingerprint density at radius 2 is 1.66 bits per heavy atom. The Kier molecular flexibility index (Phi) is 6.13. The lowest BCUT2D eigenvalue weighted by Crippen LogP contribution is -2.34. The Balaban J connectivity index is 1.80. The molecule has 3 aromatic rings. The first-order valence-corrected chi connectivity index (χ1v) is 11.5. The summed E-state index contributed by atoms with van der Waals surface area (Å²) in [6, 6.07) is 8.39. The number of hydrogen-bond acceptors (Lipinski definition) is 3. The molecule has 6 nitrogen and oxygen atoms in total. The highest BCUT2D eigenvalue weighted by Crippen LogP contribution is 2.46. The van der Waals surface area contributed by atoms with Crippen molar-refractivity contribution in [1.29, 1.82) is 0 Å². The maximum absolute atomic E-state index is 14.2. The molecule has 2 aromatic carbocycles. The van der Waals surface area contributed by atoms with Gasteiger partial charge in [0, 0.05) is 6.20 Å². The molecule has 182 valence electrons. The molecule has 0 bridgehead atoms. The Morgan fingerprint density at radius 1 is 1.00 bits per heavy atom. The summed E-state index contributed by atoms with van der Waals surface area (Å²) in [6.07, 6.45) is 8.59. The topological polar surface area (TPSA) is 92.4 Å². The number of carboxylic acids is 2. The Hall–Kier alpha value is -3.74. The highest BCUT2D eigenvalue weighted by Gasteiger charge is 2.37. The van der Waals surface area contributed by atoms with E-state index in [0.29, 0.717) is 12.1 Å². The van der Waals surface area contributed by atoms with E-state index in [-0.39, 0.29) is 22.0 Å². The van der Waals surface area contributed by atoms with E-state index in [0.717, 1.165) is 24.0 Å². The first-order valence-electron chi connectivity index (χ1n) is 11.5. The van der Waals surface area contributed by atoms with E-state index in [1.165, 1.54) is 35.7 Å². The monoisotopic (exact) mass is 476 g/mol. The molecule has 1 heterocycles. The molecule has 1 aliphatic rings. The lowest BCUT2D eigenvalue weighted by atomic mass is 9.62. The number of rotatable bonds is 6. The molecule has 1 aliphatic carbocycles. The van der Waals surface area contributed by atoms with Crippen LogP contribution in [0, 0.1) is 5.82 Å². The van der Waals surface area contributed by atoms with Crippen LogP contribution in [0.1, 0.15) is 89.1 Å². The number of halogens is 1. The molecule has 0 saturated carbocycles. The second-order valence-electron chi connectivity index (χ2n) is 10.5. The van der Waals surface area contributed by atoms with E-state index in [1.54, 1.807) is 16.8 Å². The molecular formula is C28H29FN2O4. The molecule has 2 N–H and O–H groups in total. The van der Waals surface area contributed by atoms with Crippen LogP contribution < -0.4 is 0 Å². The average molecular weight is 477 g/mol. The lowest BCUT2D eigenvalue weighted by molar-refractivity contribution is 0.0683. The number of benzene rings is 2. The van der Waals surface area contributed by atoms with Gasteiger partial charge >= 0.3 is 11.9 Å². The highest BCUT2D eigenvalue weighted by molar-refractivity contribution is 5.88. The zero-order chi connectivity index (χ0) is 25.5. The minimum absolute atomic E-state index is 0.00597. The maximum Gasteiger partial charge on any atom is 0.338 e. The Morgan fingerprint density at radius 3 is 2.23 bits per heavy atom. The SMILES string of the molecule is CC1(C)CCC(C)(C)c2cc(Cn3cc(C(=O)O)cn3)c(/C=C/c3ccc(C(=O)O)c(F)c3)cc21. The molecule has 0 spiro atoms. The van der Waals surface area contributed by atoms with Gasteiger partial charge in [-0.3, -0.25) is 4.68 Å². The number of nitrogens with zero attached hydrogens (tertiary/aromatic N) is 2. The number of hydrogen-bond donors (Lipinski definition) is 2. The molecule has 0 atom stereocenters.